The van der Waals surface area contributed by atoms with E-state index in [1.807, 2.05) is 0 Å². The van der Waals surface area contributed by atoms with E-state index in [2.05, 4.69) is 38.2 Å². The molecule has 0 nitrogen and oxygen atoms in total. The molecule has 0 aromatic rings. The quantitative estimate of drug-likeness (QED) is 0.248. The van der Waals surface area contributed by atoms with Gasteiger partial charge in [0.15, 0.2) is 0 Å². The molecule has 0 saturated heterocycles. The Balaban J connectivity index is 3.07. The van der Waals surface area contributed by atoms with Crippen LogP contribution in [0.4, 0.5) is 0 Å². The zero-order valence-corrected chi connectivity index (χ0v) is 12.8. The summed E-state index contributed by atoms with van der Waals surface area (Å²) >= 11 is 0. The van der Waals surface area contributed by atoms with Crippen LogP contribution in [0.25, 0.3) is 0 Å². The molecule has 0 aliphatic rings. The molecular weight excluding hydrogens is 216 g/mol. The third-order valence-electron chi connectivity index (χ3n) is 3.27. The topological polar surface area (TPSA) is 0 Å². The van der Waals surface area contributed by atoms with Gasteiger partial charge in [-0.2, -0.15) is 0 Å². The minimum atomic E-state index is 1.28. The molecule has 0 heterocycles. The van der Waals surface area contributed by atoms with Crippen LogP contribution in [-0.4, -0.2) is 0 Å². The van der Waals surface area contributed by atoms with Crippen molar-refractivity contribution in [3.8, 4) is 0 Å². The van der Waals surface area contributed by atoms with Crippen molar-refractivity contribution in [3.05, 3.63) is 24.3 Å². The van der Waals surface area contributed by atoms with Crippen molar-refractivity contribution >= 4 is 0 Å². The summed E-state index contributed by atoms with van der Waals surface area (Å²) in [6.45, 7) is 4.51. The lowest BCUT2D eigenvalue weighted by Crippen LogP contribution is -1.77. The maximum absolute atomic E-state index is 2.38. The second kappa shape index (κ2) is 16.5. The van der Waals surface area contributed by atoms with Gasteiger partial charge in [0.1, 0.15) is 0 Å². The van der Waals surface area contributed by atoms with E-state index in [1.165, 1.54) is 77.0 Å². The van der Waals surface area contributed by atoms with E-state index in [-0.39, 0.29) is 0 Å². The molecule has 0 amide bonds. The molecule has 0 aliphatic carbocycles. The summed E-state index contributed by atoms with van der Waals surface area (Å²) in [5, 5.41) is 0. The fourth-order valence-electron chi connectivity index (χ4n) is 1.99. The highest BCUT2D eigenvalue weighted by molar-refractivity contribution is 4.82. The Morgan fingerprint density at radius 2 is 0.778 bits per heavy atom. The average Bonchev–Trinajstić information content (AvgIpc) is 2.39. The van der Waals surface area contributed by atoms with Crippen LogP contribution in [0.5, 0.6) is 0 Å². The van der Waals surface area contributed by atoms with Gasteiger partial charge in [0, 0.05) is 0 Å². The second-order valence-electron chi connectivity index (χ2n) is 5.22. The molecule has 0 radical (unpaired) electrons. The maximum atomic E-state index is 2.38. The van der Waals surface area contributed by atoms with Gasteiger partial charge in [-0.25, -0.2) is 0 Å². The van der Waals surface area contributed by atoms with Gasteiger partial charge in [-0.05, 0) is 38.5 Å². The summed E-state index contributed by atoms with van der Waals surface area (Å²) in [7, 11) is 0. The molecule has 0 bridgehead atoms. The third kappa shape index (κ3) is 15.5. The molecule has 0 aromatic heterocycles. The Kier molecular flexibility index (Phi) is 16.0. The van der Waals surface area contributed by atoms with Gasteiger partial charge in [0.2, 0.25) is 0 Å². The number of allylic oxidation sites excluding steroid dienone is 4. The van der Waals surface area contributed by atoms with Gasteiger partial charge in [-0.1, -0.05) is 76.7 Å². The predicted octanol–water partition coefficient (Wildman–Crippen LogP) is 6.82. The van der Waals surface area contributed by atoms with Gasteiger partial charge < -0.3 is 0 Å². The third-order valence-corrected chi connectivity index (χ3v) is 3.27. The van der Waals surface area contributed by atoms with Crippen LogP contribution >= 0.6 is 0 Å². The summed E-state index contributed by atoms with van der Waals surface area (Å²) < 4.78 is 0. The standard InChI is InChI=1S/C18H34/c1-3-5-7-9-11-13-15-17-18-16-14-12-10-8-6-4-2/h9-12H,3-8,13-18H2,1-2H3. The lowest BCUT2D eigenvalue weighted by atomic mass is 10.1. The molecule has 0 rings (SSSR count). The Bertz CT molecular complexity index is 166. The van der Waals surface area contributed by atoms with Crippen LogP contribution in [0.3, 0.4) is 0 Å². The molecule has 106 valence electrons. The van der Waals surface area contributed by atoms with Gasteiger partial charge >= 0.3 is 0 Å². The van der Waals surface area contributed by atoms with E-state index < -0.39 is 0 Å². The molecule has 0 saturated carbocycles. The SMILES string of the molecule is CCCCC=CCCCCCCC=CCCCC. The van der Waals surface area contributed by atoms with Crippen LogP contribution in [0.1, 0.15) is 90.9 Å². The highest BCUT2D eigenvalue weighted by Crippen LogP contribution is 2.07. The first-order valence-electron chi connectivity index (χ1n) is 8.21. The Morgan fingerprint density at radius 1 is 0.444 bits per heavy atom. The average molecular weight is 250 g/mol. The van der Waals surface area contributed by atoms with E-state index in [9.17, 15) is 0 Å². The lowest BCUT2D eigenvalue weighted by molar-refractivity contribution is 0.650. The monoisotopic (exact) mass is 250 g/mol. The van der Waals surface area contributed by atoms with Crippen LogP contribution in [-0.2, 0) is 0 Å². The van der Waals surface area contributed by atoms with Crippen molar-refractivity contribution in [2.24, 2.45) is 0 Å². The van der Waals surface area contributed by atoms with E-state index >= 15 is 0 Å². The fraction of sp³-hybridized carbons (Fsp3) is 0.778. The van der Waals surface area contributed by atoms with Crippen LogP contribution in [0.15, 0.2) is 24.3 Å². The largest absolute Gasteiger partial charge is 0.0885 e. The Hall–Kier alpha value is -0.520. The van der Waals surface area contributed by atoms with Crippen molar-refractivity contribution in [1.29, 1.82) is 0 Å². The van der Waals surface area contributed by atoms with Crippen molar-refractivity contribution < 1.29 is 0 Å². The molecule has 0 aromatic carbocycles. The summed E-state index contributed by atoms with van der Waals surface area (Å²) in [5.74, 6) is 0. The molecule has 0 heteroatoms. The van der Waals surface area contributed by atoms with Crippen molar-refractivity contribution in [2.75, 3.05) is 0 Å². The van der Waals surface area contributed by atoms with E-state index in [0.29, 0.717) is 0 Å². The van der Waals surface area contributed by atoms with Gasteiger partial charge in [-0.3, -0.25) is 0 Å². The van der Waals surface area contributed by atoms with Gasteiger partial charge in [0.05, 0.1) is 0 Å². The van der Waals surface area contributed by atoms with E-state index in [0.717, 1.165) is 0 Å². The molecule has 0 spiro atoms. The van der Waals surface area contributed by atoms with Crippen LogP contribution < -0.4 is 0 Å². The first-order chi connectivity index (χ1) is 8.91. The smallest absolute Gasteiger partial charge is 0.0351 e. The highest BCUT2D eigenvalue weighted by Gasteiger charge is 1.87. The minimum Gasteiger partial charge on any atom is -0.0885 e. The number of unbranched alkanes of at least 4 members (excludes halogenated alkanes) is 9. The minimum absolute atomic E-state index is 1.28. The van der Waals surface area contributed by atoms with Gasteiger partial charge in [0.25, 0.3) is 0 Å². The molecule has 0 unspecified atom stereocenters. The highest BCUT2D eigenvalue weighted by atomic mass is 13.9. The van der Waals surface area contributed by atoms with Crippen molar-refractivity contribution in [3.63, 3.8) is 0 Å². The van der Waals surface area contributed by atoms with E-state index in [4.69, 9.17) is 0 Å². The summed E-state index contributed by atoms with van der Waals surface area (Å²) in [5.41, 5.74) is 0. The zero-order valence-electron chi connectivity index (χ0n) is 12.8. The molecule has 0 aliphatic heterocycles. The Labute approximate surface area is 116 Å². The molecule has 0 fully saturated rings. The Morgan fingerprint density at radius 3 is 1.11 bits per heavy atom. The molecule has 18 heavy (non-hydrogen) atoms. The summed E-state index contributed by atoms with van der Waals surface area (Å²) in [4.78, 5) is 0. The van der Waals surface area contributed by atoms with Crippen molar-refractivity contribution in [1.82, 2.24) is 0 Å². The van der Waals surface area contributed by atoms with Crippen LogP contribution in [0.2, 0.25) is 0 Å². The molecule has 0 atom stereocenters. The first kappa shape index (κ1) is 17.5. The van der Waals surface area contributed by atoms with Gasteiger partial charge in [-0.15, -0.1) is 0 Å². The summed E-state index contributed by atoms with van der Waals surface area (Å²) in [6, 6.07) is 0. The normalized spacial score (nSPS) is 11.9. The fourth-order valence-corrected chi connectivity index (χ4v) is 1.99. The lowest BCUT2D eigenvalue weighted by Gasteiger charge is -1.97. The first-order valence-corrected chi connectivity index (χ1v) is 8.21. The molecular formula is C18H34. The second-order valence-corrected chi connectivity index (χ2v) is 5.22. The zero-order chi connectivity index (χ0) is 13.3. The van der Waals surface area contributed by atoms with E-state index in [1.54, 1.807) is 0 Å². The van der Waals surface area contributed by atoms with Crippen LogP contribution in [0, 0.1) is 0 Å². The maximum Gasteiger partial charge on any atom is -0.0351 e. The summed E-state index contributed by atoms with van der Waals surface area (Å²) in [6.07, 6.45) is 25.5. The predicted molar refractivity (Wildman–Crippen MR) is 85.0 cm³/mol. The number of hydrogen-bond acceptors (Lipinski definition) is 0. The van der Waals surface area contributed by atoms with Crippen molar-refractivity contribution in [2.45, 2.75) is 90.9 Å². The number of hydrogen-bond donors (Lipinski definition) is 0. The number of rotatable bonds is 13. The molecule has 0 N–H and O–H groups in total.